The zero-order valence-corrected chi connectivity index (χ0v) is 21.4. The van der Waals surface area contributed by atoms with Gasteiger partial charge in [-0.3, -0.25) is 9.78 Å². The van der Waals surface area contributed by atoms with Crippen molar-refractivity contribution >= 4 is 49.8 Å². The molecule has 1 N–H and O–H groups in total. The van der Waals surface area contributed by atoms with E-state index in [9.17, 15) is 4.79 Å². The Morgan fingerprint density at radius 3 is 2.58 bits per heavy atom. The summed E-state index contributed by atoms with van der Waals surface area (Å²) < 4.78 is 11.9. The van der Waals surface area contributed by atoms with Gasteiger partial charge in [-0.2, -0.15) is 0 Å². The van der Waals surface area contributed by atoms with E-state index in [0.29, 0.717) is 5.75 Å². The fourth-order valence-corrected chi connectivity index (χ4v) is 5.20. The standard InChI is InChI=1S/C33H26N2O3/c1-20(17-31(36)35-30-15-7-14-29-25(30)13-8-16-34-29)26-18-27-28(19-38-33(27)21(2)32(26)37-3)24-12-6-10-22-9-4-5-11-23(22)24/h4-19H,1-3H3,(H,35,36)/b20-17+. The number of benzene rings is 4. The number of furan rings is 1. The summed E-state index contributed by atoms with van der Waals surface area (Å²) in [4.78, 5) is 17.5. The second-order valence-corrected chi connectivity index (χ2v) is 9.33. The van der Waals surface area contributed by atoms with E-state index < -0.39 is 0 Å². The third-order valence-electron chi connectivity index (χ3n) is 7.00. The molecule has 0 unspecified atom stereocenters. The number of hydrogen-bond donors (Lipinski definition) is 1. The number of carbonyl (C=O) groups is 1. The predicted octanol–water partition coefficient (Wildman–Crippen LogP) is 8.16. The van der Waals surface area contributed by atoms with Gasteiger partial charge in [-0.05, 0) is 66.1 Å². The van der Waals surface area contributed by atoms with Crippen LogP contribution >= 0.6 is 0 Å². The lowest BCUT2D eigenvalue weighted by Crippen LogP contribution is -2.09. The molecule has 0 fully saturated rings. The van der Waals surface area contributed by atoms with Crippen LogP contribution in [0.2, 0.25) is 0 Å². The SMILES string of the molecule is COc1c(/C(C)=C/C(=O)Nc2cccc3ncccc23)cc2c(-c3cccc4ccccc34)coc2c1C. The molecule has 2 aromatic heterocycles. The smallest absolute Gasteiger partial charge is 0.248 e. The Hall–Kier alpha value is -4.90. The molecule has 0 radical (unpaired) electrons. The van der Waals surface area contributed by atoms with Crippen LogP contribution in [-0.2, 0) is 4.79 Å². The van der Waals surface area contributed by atoms with Crippen molar-refractivity contribution in [3.63, 3.8) is 0 Å². The van der Waals surface area contributed by atoms with Crippen LogP contribution in [0.1, 0.15) is 18.1 Å². The van der Waals surface area contributed by atoms with E-state index in [0.717, 1.165) is 60.8 Å². The molecule has 0 saturated heterocycles. The first-order valence-electron chi connectivity index (χ1n) is 12.5. The molecule has 5 heteroatoms. The number of fused-ring (bicyclic) bond motifs is 3. The summed E-state index contributed by atoms with van der Waals surface area (Å²) in [6, 6.07) is 26.2. The number of pyridine rings is 1. The lowest BCUT2D eigenvalue weighted by atomic mass is 9.94. The van der Waals surface area contributed by atoms with Crippen molar-refractivity contribution in [1.29, 1.82) is 0 Å². The number of hydrogen-bond acceptors (Lipinski definition) is 4. The molecule has 0 spiro atoms. The average Bonchev–Trinajstić information content (AvgIpc) is 3.37. The first-order valence-corrected chi connectivity index (χ1v) is 12.5. The van der Waals surface area contributed by atoms with E-state index >= 15 is 0 Å². The predicted molar refractivity (Wildman–Crippen MR) is 154 cm³/mol. The van der Waals surface area contributed by atoms with Crippen molar-refractivity contribution in [2.24, 2.45) is 0 Å². The van der Waals surface area contributed by atoms with Crippen LogP contribution < -0.4 is 10.1 Å². The van der Waals surface area contributed by atoms with Gasteiger partial charge in [-0.1, -0.05) is 48.5 Å². The molecular weight excluding hydrogens is 472 g/mol. The number of aromatic nitrogens is 1. The molecule has 2 heterocycles. The van der Waals surface area contributed by atoms with Crippen molar-refractivity contribution in [2.45, 2.75) is 13.8 Å². The molecule has 0 saturated carbocycles. The molecular formula is C33H26N2O3. The summed E-state index contributed by atoms with van der Waals surface area (Å²) in [6.45, 7) is 3.91. The Kier molecular flexibility index (Phi) is 5.89. The normalized spacial score (nSPS) is 11.8. The Morgan fingerprint density at radius 1 is 0.921 bits per heavy atom. The van der Waals surface area contributed by atoms with Crippen molar-refractivity contribution in [2.75, 3.05) is 12.4 Å². The maximum atomic E-state index is 13.1. The van der Waals surface area contributed by atoms with Gasteiger partial charge in [0, 0.05) is 39.7 Å². The Bertz CT molecular complexity index is 1870. The molecule has 6 aromatic rings. The average molecular weight is 499 g/mol. The molecule has 186 valence electrons. The van der Waals surface area contributed by atoms with Gasteiger partial charge in [0.1, 0.15) is 11.3 Å². The van der Waals surface area contributed by atoms with Gasteiger partial charge in [0.05, 0.1) is 24.6 Å². The number of aryl methyl sites for hydroxylation is 1. The highest BCUT2D eigenvalue weighted by Crippen LogP contribution is 2.42. The van der Waals surface area contributed by atoms with E-state index in [2.05, 4.69) is 46.7 Å². The summed E-state index contributed by atoms with van der Waals surface area (Å²) in [7, 11) is 1.64. The molecule has 38 heavy (non-hydrogen) atoms. The molecule has 0 bridgehead atoms. The van der Waals surface area contributed by atoms with Crippen molar-refractivity contribution in [3.05, 3.63) is 109 Å². The van der Waals surface area contributed by atoms with Crippen LogP contribution in [0.25, 0.3) is 49.3 Å². The van der Waals surface area contributed by atoms with Crippen LogP contribution in [0.15, 0.2) is 102 Å². The van der Waals surface area contributed by atoms with Gasteiger partial charge in [-0.25, -0.2) is 0 Å². The Morgan fingerprint density at radius 2 is 1.71 bits per heavy atom. The number of carbonyl (C=O) groups excluding carboxylic acids is 1. The number of nitrogens with zero attached hydrogens (tertiary/aromatic N) is 1. The summed E-state index contributed by atoms with van der Waals surface area (Å²) in [5.74, 6) is 0.465. The second-order valence-electron chi connectivity index (χ2n) is 9.33. The number of amides is 1. The number of ether oxygens (including phenoxy) is 1. The molecule has 5 nitrogen and oxygen atoms in total. The minimum Gasteiger partial charge on any atom is -0.496 e. The van der Waals surface area contributed by atoms with Crippen molar-refractivity contribution < 1.29 is 13.9 Å². The number of methoxy groups -OCH3 is 1. The summed E-state index contributed by atoms with van der Waals surface area (Å²) in [5.41, 5.74) is 6.94. The van der Waals surface area contributed by atoms with Gasteiger partial charge in [-0.15, -0.1) is 0 Å². The van der Waals surface area contributed by atoms with Gasteiger partial charge >= 0.3 is 0 Å². The van der Waals surface area contributed by atoms with Crippen LogP contribution in [-0.4, -0.2) is 18.0 Å². The number of anilines is 1. The van der Waals surface area contributed by atoms with E-state index in [1.165, 1.54) is 5.39 Å². The molecule has 4 aromatic carbocycles. The monoisotopic (exact) mass is 498 g/mol. The number of allylic oxidation sites excluding steroid dienone is 1. The second kappa shape index (κ2) is 9.52. The molecule has 0 atom stereocenters. The van der Waals surface area contributed by atoms with Gasteiger partial charge in [0.25, 0.3) is 0 Å². The maximum Gasteiger partial charge on any atom is 0.248 e. The van der Waals surface area contributed by atoms with Gasteiger partial charge in [0.15, 0.2) is 0 Å². The summed E-state index contributed by atoms with van der Waals surface area (Å²) >= 11 is 0. The fourth-order valence-electron chi connectivity index (χ4n) is 5.20. The molecule has 6 rings (SSSR count). The van der Waals surface area contributed by atoms with E-state index in [1.54, 1.807) is 19.4 Å². The molecule has 1 amide bonds. The lowest BCUT2D eigenvalue weighted by Gasteiger charge is -2.14. The first-order chi connectivity index (χ1) is 18.5. The minimum atomic E-state index is -0.222. The van der Waals surface area contributed by atoms with Crippen LogP contribution in [0, 0.1) is 6.92 Å². The van der Waals surface area contributed by atoms with Crippen LogP contribution in [0.5, 0.6) is 5.75 Å². The van der Waals surface area contributed by atoms with Crippen LogP contribution in [0.3, 0.4) is 0 Å². The highest BCUT2D eigenvalue weighted by atomic mass is 16.5. The van der Waals surface area contributed by atoms with Gasteiger partial charge < -0.3 is 14.5 Å². The summed E-state index contributed by atoms with van der Waals surface area (Å²) in [6.07, 6.45) is 5.16. The topological polar surface area (TPSA) is 64.4 Å². The van der Waals surface area contributed by atoms with Crippen molar-refractivity contribution in [3.8, 4) is 16.9 Å². The third-order valence-corrected chi connectivity index (χ3v) is 7.00. The Labute approximate surface area is 220 Å². The minimum absolute atomic E-state index is 0.222. The van der Waals surface area contributed by atoms with Crippen LogP contribution in [0.4, 0.5) is 5.69 Å². The largest absolute Gasteiger partial charge is 0.496 e. The zero-order chi connectivity index (χ0) is 26.2. The molecule has 0 aliphatic carbocycles. The maximum absolute atomic E-state index is 13.1. The summed E-state index contributed by atoms with van der Waals surface area (Å²) in [5, 5.41) is 7.20. The van der Waals surface area contributed by atoms with E-state index in [-0.39, 0.29) is 5.91 Å². The number of rotatable bonds is 5. The highest BCUT2D eigenvalue weighted by Gasteiger charge is 2.19. The third kappa shape index (κ3) is 3.98. The first kappa shape index (κ1) is 23.5. The van der Waals surface area contributed by atoms with E-state index in [4.69, 9.17) is 9.15 Å². The van der Waals surface area contributed by atoms with Gasteiger partial charge in [0.2, 0.25) is 5.91 Å². The van der Waals surface area contributed by atoms with E-state index in [1.807, 2.05) is 62.6 Å². The fraction of sp³-hybridized carbons (Fsp3) is 0.0909. The molecule has 0 aliphatic rings. The molecule has 0 aliphatic heterocycles. The highest BCUT2D eigenvalue weighted by molar-refractivity contribution is 6.10. The lowest BCUT2D eigenvalue weighted by molar-refractivity contribution is -0.111. The zero-order valence-electron chi connectivity index (χ0n) is 21.4. The quantitative estimate of drug-likeness (QED) is 0.244. The number of nitrogens with one attached hydrogen (secondary N) is 1. The van der Waals surface area contributed by atoms with Crippen molar-refractivity contribution in [1.82, 2.24) is 4.98 Å². The Balaban J connectivity index is 1.44.